The first-order valence-corrected chi connectivity index (χ1v) is 12.2. The van der Waals surface area contributed by atoms with E-state index in [1.165, 1.54) is 44.0 Å². The lowest BCUT2D eigenvalue weighted by Gasteiger charge is -2.21. The van der Waals surface area contributed by atoms with Gasteiger partial charge in [-0.05, 0) is 44.2 Å². The lowest BCUT2D eigenvalue weighted by atomic mass is 10.2. The van der Waals surface area contributed by atoms with Gasteiger partial charge in [0.05, 0.1) is 28.7 Å². The summed E-state index contributed by atoms with van der Waals surface area (Å²) in [5.41, 5.74) is 0.919. The van der Waals surface area contributed by atoms with Gasteiger partial charge in [0, 0.05) is 27.2 Å². The lowest BCUT2D eigenvalue weighted by molar-refractivity contribution is -0.116. The third-order valence-electron chi connectivity index (χ3n) is 5.42. The summed E-state index contributed by atoms with van der Waals surface area (Å²) < 4.78 is 32.8. The number of carbonyl (C=O) groups is 1. The summed E-state index contributed by atoms with van der Waals surface area (Å²) in [5.74, 6) is 0.0524. The Kier molecular flexibility index (Phi) is 7.57. The van der Waals surface area contributed by atoms with E-state index in [4.69, 9.17) is 4.74 Å². The molecular formula is C23H29N5O5S. The highest BCUT2D eigenvalue weighted by atomic mass is 32.2. The predicted molar refractivity (Wildman–Crippen MR) is 132 cm³/mol. The first-order chi connectivity index (χ1) is 16.1. The van der Waals surface area contributed by atoms with Crippen molar-refractivity contribution in [1.82, 2.24) is 13.9 Å². The van der Waals surface area contributed by atoms with E-state index in [0.29, 0.717) is 29.9 Å². The molecule has 1 heterocycles. The number of nitrogens with one attached hydrogen (secondary N) is 1. The molecule has 0 aliphatic heterocycles. The summed E-state index contributed by atoms with van der Waals surface area (Å²) in [5, 5.41) is 2.69. The van der Waals surface area contributed by atoms with E-state index in [1.54, 1.807) is 18.2 Å². The van der Waals surface area contributed by atoms with Crippen molar-refractivity contribution in [3.8, 4) is 5.75 Å². The number of ether oxygens (including phenoxy) is 1. The minimum Gasteiger partial charge on any atom is -0.495 e. The highest BCUT2D eigenvalue weighted by Gasteiger charge is 2.21. The Labute approximate surface area is 198 Å². The van der Waals surface area contributed by atoms with Gasteiger partial charge in [-0.1, -0.05) is 12.1 Å². The minimum atomic E-state index is -3.72. The first-order valence-electron chi connectivity index (χ1n) is 10.8. The molecule has 0 spiro atoms. The molecule has 1 amide bonds. The SMILES string of the molecule is CCN(CC)c1nc2ccccc2n(CC(=O)Nc2cc(S(=O)(=O)N(C)C)ccc2OC)c1=O. The van der Waals surface area contributed by atoms with Gasteiger partial charge in [0.1, 0.15) is 12.3 Å². The molecule has 10 nitrogen and oxygen atoms in total. The Bertz CT molecular complexity index is 1360. The van der Waals surface area contributed by atoms with Crippen LogP contribution in [0.15, 0.2) is 52.2 Å². The van der Waals surface area contributed by atoms with E-state index in [2.05, 4.69) is 10.3 Å². The van der Waals surface area contributed by atoms with Gasteiger partial charge in [0.15, 0.2) is 5.82 Å². The Morgan fingerprint density at radius 3 is 2.41 bits per heavy atom. The van der Waals surface area contributed by atoms with Crippen molar-refractivity contribution in [1.29, 1.82) is 0 Å². The zero-order valence-electron chi connectivity index (χ0n) is 19.9. The number of carbonyl (C=O) groups excluding carboxylic acids is 1. The van der Waals surface area contributed by atoms with Crippen LogP contribution >= 0.6 is 0 Å². The number of aromatic nitrogens is 2. The van der Waals surface area contributed by atoms with E-state index in [0.717, 1.165) is 4.31 Å². The number of fused-ring (bicyclic) bond motifs is 1. The van der Waals surface area contributed by atoms with Gasteiger partial charge in [0.2, 0.25) is 15.9 Å². The summed E-state index contributed by atoms with van der Waals surface area (Å²) in [7, 11) is 0.547. The molecule has 0 saturated carbocycles. The average molecular weight is 488 g/mol. The van der Waals surface area contributed by atoms with Crippen LogP contribution in [0.5, 0.6) is 5.75 Å². The fourth-order valence-electron chi connectivity index (χ4n) is 3.55. The molecule has 2 aromatic carbocycles. The Hall–Kier alpha value is -3.44. The lowest BCUT2D eigenvalue weighted by Crippen LogP contribution is -2.35. The largest absolute Gasteiger partial charge is 0.495 e. The molecule has 0 unspecified atom stereocenters. The second-order valence-corrected chi connectivity index (χ2v) is 9.84. The zero-order chi connectivity index (χ0) is 25.0. The summed E-state index contributed by atoms with van der Waals surface area (Å²) in [6.07, 6.45) is 0. The first kappa shape index (κ1) is 25.2. The van der Waals surface area contributed by atoms with E-state index in [9.17, 15) is 18.0 Å². The Balaban J connectivity index is 2.02. The van der Waals surface area contributed by atoms with E-state index >= 15 is 0 Å². The third-order valence-corrected chi connectivity index (χ3v) is 7.23. The minimum absolute atomic E-state index is 0.00366. The molecule has 11 heteroatoms. The second kappa shape index (κ2) is 10.2. The van der Waals surface area contributed by atoms with Gasteiger partial charge in [-0.3, -0.25) is 14.2 Å². The number of methoxy groups -OCH3 is 1. The van der Waals surface area contributed by atoms with Crippen molar-refractivity contribution >= 4 is 38.5 Å². The number of amides is 1. The third kappa shape index (κ3) is 4.90. The van der Waals surface area contributed by atoms with Crippen LogP contribution in [0.4, 0.5) is 11.5 Å². The Morgan fingerprint density at radius 1 is 1.12 bits per heavy atom. The number of sulfonamides is 1. The molecule has 1 aromatic heterocycles. The average Bonchev–Trinajstić information content (AvgIpc) is 2.82. The van der Waals surface area contributed by atoms with E-state index in [-0.39, 0.29) is 28.5 Å². The number of para-hydroxylation sites is 2. The van der Waals surface area contributed by atoms with Crippen molar-refractivity contribution in [3.63, 3.8) is 0 Å². The van der Waals surface area contributed by atoms with Crippen LogP contribution in [0.2, 0.25) is 0 Å². The number of benzene rings is 2. The van der Waals surface area contributed by atoms with Crippen LogP contribution in [0.1, 0.15) is 13.8 Å². The molecule has 1 N–H and O–H groups in total. The highest BCUT2D eigenvalue weighted by molar-refractivity contribution is 7.89. The highest BCUT2D eigenvalue weighted by Crippen LogP contribution is 2.28. The second-order valence-electron chi connectivity index (χ2n) is 7.69. The maximum absolute atomic E-state index is 13.3. The van der Waals surface area contributed by atoms with Crippen LogP contribution in [0, 0.1) is 0 Å². The standard InChI is InChI=1S/C23H29N5O5S/c1-6-27(7-2)22-23(30)28(19-11-9-8-10-17(19)25-22)15-21(29)24-18-14-16(12-13-20(18)33-5)34(31,32)26(3)4/h8-14H,6-7,15H2,1-5H3,(H,24,29). The van der Waals surface area contributed by atoms with E-state index in [1.807, 2.05) is 24.8 Å². The van der Waals surface area contributed by atoms with Gasteiger partial charge in [-0.25, -0.2) is 17.7 Å². The number of hydrogen-bond acceptors (Lipinski definition) is 7. The molecule has 3 rings (SSSR count). The van der Waals surface area contributed by atoms with Gasteiger partial charge in [-0.15, -0.1) is 0 Å². The van der Waals surface area contributed by atoms with Crippen LogP contribution in [-0.2, 0) is 21.4 Å². The Morgan fingerprint density at radius 2 is 1.79 bits per heavy atom. The molecule has 0 fully saturated rings. The van der Waals surface area contributed by atoms with Crippen molar-refractivity contribution in [2.24, 2.45) is 0 Å². The number of hydrogen-bond donors (Lipinski definition) is 1. The van der Waals surface area contributed by atoms with Gasteiger partial charge in [-0.2, -0.15) is 0 Å². The fourth-order valence-corrected chi connectivity index (χ4v) is 4.48. The molecule has 0 saturated heterocycles. The predicted octanol–water partition coefficient (Wildman–Crippen LogP) is 2.14. The van der Waals surface area contributed by atoms with E-state index < -0.39 is 15.9 Å². The molecule has 0 radical (unpaired) electrons. The maximum atomic E-state index is 13.3. The number of nitrogens with zero attached hydrogens (tertiary/aromatic N) is 4. The fraction of sp³-hybridized carbons (Fsp3) is 0.348. The summed E-state index contributed by atoms with van der Waals surface area (Å²) in [6.45, 7) is 4.75. The van der Waals surface area contributed by atoms with Crippen LogP contribution < -0.4 is 20.5 Å². The topological polar surface area (TPSA) is 114 Å². The number of anilines is 2. The monoisotopic (exact) mass is 487 g/mol. The van der Waals surface area contributed by atoms with Crippen molar-refractivity contribution in [3.05, 3.63) is 52.8 Å². The van der Waals surface area contributed by atoms with Gasteiger partial charge < -0.3 is 15.0 Å². The molecule has 34 heavy (non-hydrogen) atoms. The molecule has 182 valence electrons. The summed E-state index contributed by atoms with van der Waals surface area (Å²) >= 11 is 0. The van der Waals surface area contributed by atoms with Crippen molar-refractivity contribution < 1.29 is 17.9 Å². The molecule has 0 aliphatic rings. The molecule has 0 bridgehead atoms. The van der Waals surface area contributed by atoms with Gasteiger partial charge >= 0.3 is 0 Å². The van der Waals surface area contributed by atoms with Gasteiger partial charge in [0.25, 0.3) is 5.56 Å². The normalized spacial score (nSPS) is 11.6. The summed E-state index contributed by atoms with van der Waals surface area (Å²) in [6, 6.07) is 11.3. The summed E-state index contributed by atoms with van der Waals surface area (Å²) in [4.78, 5) is 32.7. The number of rotatable bonds is 9. The molecule has 3 aromatic rings. The molecule has 0 atom stereocenters. The molecular weight excluding hydrogens is 458 g/mol. The molecule has 0 aliphatic carbocycles. The quantitative estimate of drug-likeness (QED) is 0.492. The van der Waals surface area contributed by atoms with Crippen LogP contribution in [-0.4, -0.2) is 62.5 Å². The van der Waals surface area contributed by atoms with Crippen LogP contribution in [0.3, 0.4) is 0 Å². The zero-order valence-corrected chi connectivity index (χ0v) is 20.7. The smallest absolute Gasteiger partial charge is 0.294 e. The maximum Gasteiger partial charge on any atom is 0.294 e. The van der Waals surface area contributed by atoms with Crippen molar-refractivity contribution in [2.75, 3.05) is 44.5 Å². The van der Waals surface area contributed by atoms with Crippen molar-refractivity contribution in [2.45, 2.75) is 25.3 Å². The van der Waals surface area contributed by atoms with Crippen LogP contribution in [0.25, 0.3) is 11.0 Å².